The molecule has 1 saturated heterocycles. The number of primary amides is 1. The Balaban J connectivity index is 2.66. The van der Waals surface area contributed by atoms with Crippen molar-refractivity contribution in [1.29, 1.82) is 0 Å². The largest absolute Gasteiger partial charge is 0.368 e. The van der Waals surface area contributed by atoms with Crippen LogP contribution in [0.3, 0.4) is 0 Å². The third kappa shape index (κ3) is 2.68. The topological polar surface area (TPSA) is 75.4 Å². The van der Waals surface area contributed by atoms with Crippen LogP contribution in [0, 0.1) is 0 Å². The molecule has 5 nitrogen and oxygen atoms in total. The van der Waals surface area contributed by atoms with Gasteiger partial charge in [0, 0.05) is 6.54 Å². The number of likely N-dealkylation sites (tertiary alicyclic amines) is 1. The van der Waals surface area contributed by atoms with Gasteiger partial charge in [-0.05, 0) is 26.3 Å². The maximum atomic E-state index is 11.9. The van der Waals surface area contributed by atoms with E-state index < -0.39 is 11.9 Å². The molecule has 0 bridgehead atoms. The average Bonchev–Trinajstić information content (AvgIpc) is 2.20. The van der Waals surface area contributed by atoms with Crippen molar-refractivity contribution in [2.45, 2.75) is 38.8 Å². The van der Waals surface area contributed by atoms with Crippen molar-refractivity contribution in [2.75, 3.05) is 13.1 Å². The van der Waals surface area contributed by atoms with Crippen molar-refractivity contribution in [3.8, 4) is 0 Å². The fourth-order valence-electron chi connectivity index (χ4n) is 1.87. The van der Waals surface area contributed by atoms with E-state index in [1.54, 1.807) is 11.8 Å². The Morgan fingerprint density at radius 1 is 1.73 bits per heavy atom. The summed E-state index contributed by atoms with van der Waals surface area (Å²) in [5.74, 6) is -0.449. The summed E-state index contributed by atoms with van der Waals surface area (Å²) in [5, 5.41) is 3.11. The molecule has 0 aromatic rings. The third-order valence-corrected chi connectivity index (χ3v) is 2.80. The van der Waals surface area contributed by atoms with Gasteiger partial charge in [-0.2, -0.15) is 0 Å². The van der Waals surface area contributed by atoms with Gasteiger partial charge < -0.3 is 16.0 Å². The summed E-state index contributed by atoms with van der Waals surface area (Å²) in [5.41, 5.74) is 5.20. The molecule has 0 aliphatic carbocycles. The molecular weight excluding hydrogens is 194 g/mol. The molecule has 2 amide bonds. The number of hydrogen-bond donors (Lipinski definition) is 2. The number of nitrogens with one attached hydrogen (secondary N) is 1. The predicted octanol–water partition coefficient (Wildman–Crippen LogP) is -0.539. The molecule has 1 rings (SSSR count). The van der Waals surface area contributed by atoms with Crippen LogP contribution >= 0.6 is 0 Å². The highest BCUT2D eigenvalue weighted by molar-refractivity contribution is 5.89. The first kappa shape index (κ1) is 12.0. The van der Waals surface area contributed by atoms with Gasteiger partial charge in [0.25, 0.3) is 0 Å². The second-order valence-corrected chi connectivity index (χ2v) is 3.86. The van der Waals surface area contributed by atoms with E-state index in [2.05, 4.69) is 5.32 Å². The first-order valence-electron chi connectivity index (χ1n) is 5.41. The Labute approximate surface area is 90.0 Å². The van der Waals surface area contributed by atoms with Gasteiger partial charge in [0.1, 0.15) is 6.04 Å². The van der Waals surface area contributed by atoms with E-state index in [9.17, 15) is 9.59 Å². The van der Waals surface area contributed by atoms with Crippen LogP contribution in [0.5, 0.6) is 0 Å². The SMILES string of the molecule is CCNC1CCCN(C(C)C(N)=O)C1=O. The maximum absolute atomic E-state index is 11.9. The molecule has 3 N–H and O–H groups in total. The van der Waals surface area contributed by atoms with Crippen molar-refractivity contribution in [1.82, 2.24) is 10.2 Å². The Kier molecular flexibility index (Phi) is 4.08. The van der Waals surface area contributed by atoms with Crippen LogP contribution in [0.1, 0.15) is 26.7 Å². The molecule has 0 aromatic carbocycles. The van der Waals surface area contributed by atoms with Crippen molar-refractivity contribution in [2.24, 2.45) is 5.73 Å². The third-order valence-electron chi connectivity index (χ3n) is 2.80. The van der Waals surface area contributed by atoms with E-state index in [1.807, 2.05) is 6.92 Å². The van der Waals surface area contributed by atoms with Crippen molar-refractivity contribution < 1.29 is 9.59 Å². The molecule has 0 radical (unpaired) electrons. The number of rotatable bonds is 4. The molecule has 1 heterocycles. The van der Waals surface area contributed by atoms with Gasteiger partial charge in [0.05, 0.1) is 6.04 Å². The predicted molar refractivity (Wildman–Crippen MR) is 57.1 cm³/mol. The molecule has 0 saturated carbocycles. The zero-order valence-corrected chi connectivity index (χ0v) is 9.32. The molecule has 1 aliphatic heterocycles. The average molecular weight is 213 g/mol. The first-order valence-corrected chi connectivity index (χ1v) is 5.41. The Morgan fingerprint density at radius 3 is 2.93 bits per heavy atom. The van der Waals surface area contributed by atoms with E-state index in [-0.39, 0.29) is 11.9 Å². The molecule has 2 atom stereocenters. The summed E-state index contributed by atoms with van der Waals surface area (Å²) in [7, 11) is 0. The minimum atomic E-state index is -0.501. The maximum Gasteiger partial charge on any atom is 0.240 e. The number of nitrogens with two attached hydrogens (primary N) is 1. The Hall–Kier alpha value is -1.10. The van der Waals surface area contributed by atoms with Gasteiger partial charge in [-0.25, -0.2) is 0 Å². The lowest BCUT2D eigenvalue weighted by atomic mass is 10.0. The summed E-state index contributed by atoms with van der Waals surface area (Å²) in [6.07, 6.45) is 1.76. The fourth-order valence-corrected chi connectivity index (χ4v) is 1.87. The quantitative estimate of drug-likeness (QED) is 0.658. The number of piperidine rings is 1. The summed E-state index contributed by atoms with van der Waals surface area (Å²) in [4.78, 5) is 24.5. The lowest BCUT2D eigenvalue weighted by molar-refractivity contribution is -0.142. The lowest BCUT2D eigenvalue weighted by Crippen LogP contribution is -2.56. The zero-order chi connectivity index (χ0) is 11.4. The van der Waals surface area contributed by atoms with Crippen LogP contribution in [0.4, 0.5) is 0 Å². The van der Waals surface area contributed by atoms with Gasteiger partial charge in [-0.15, -0.1) is 0 Å². The number of nitrogens with zero attached hydrogens (tertiary/aromatic N) is 1. The Bertz CT molecular complexity index is 253. The fraction of sp³-hybridized carbons (Fsp3) is 0.800. The highest BCUT2D eigenvalue weighted by atomic mass is 16.2. The van der Waals surface area contributed by atoms with Crippen LogP contribution in [0.15, 0.2) is 0 Å². The summed E-state index contributed by atoms with van der Waals surface area (Å²) >= 11 is 0. The minimum Gasteiger partial charge on any atom is -0.368 e. The molecular formula is C10H19N3O2. The smallest absolute Gasteiger partial charge is 0.240 e. The van der Waals surface area contributed by atoms with Gasteiger partial charge in [0.2, 0.25) is 11.8 Å². The second-order valence-electron chi connectivity index (χ2n) is 3.86. The lowest BCUT2D eigenvalue weighted by Gasteiger charge is -2.35. The molecule has 1 fully saturated rings. The van der Waals surface area contributed by atoms with Crippen LogP contribution < -0.4 is 11.1 Å². The van der Waals surface area contributed by atoms with Crippen molar-refractivity contribution in [3.05, 3.63) is 0 Å². The van der Waals surface area contributed by atoms with Crippen LogP contribution in [0.25, 0.3) is 0 Å². The molecule has 86 valence electrons. The Morgan fingerprint density at radius 2 is 2.40 bits per heavy atom. The normalized spacial score (nSPS) is 24.0. The van der Waals surface area contributed by atoms with Crippen LogP contribution in [-0.4, -0.2) is 41.9 Å². The molecule has 15 heavy (non-hydrogen) atoms. The molecule has 1 aliphatic rings. The van der Waals surface area contributed by atoms with Gasteiger partial charge in [0.15, 0.2) is 0 Å². The molecule has 0 aromatic heterocycles. The van der Waals surface area contributed by atoms with Gasteiger partial charge in [-0.1, -0.05) is 6.92 Å². The number of amides is 2. The summed E-state index contributed by atoms with van der Waals surface area (Å²) < 4.78 is 0. The highest BCUT2D eigenvalue weighted by Gasteiger charge is 2.32. The monoisotopic (exact) mass is 213 g/mol. The van der Waals surface area contributed by atoms with Crippen molar-refractivity contribution >= 4 is 11.8 Å². The molecule has 2 unspecified atom stereocenters. The number of carbonyl (C=O) groups is 2. The molecule has 0 spiro atoms. The van der Waals surface area contributed by atoms with Crippen LogP contribution in [0.2, 0.25) is 0 Å². The van der Waals surface area contributed by atoms with E-state index in [0.29, 0.717) is 6.54 Å². The van der Waals surface area contributed by atoms with E-state index in [0.717, 1.165) is 19.4 Å². The zero-order valence-electron chi connectivity index (χ0n) is 9.32. The highest BCUT2D eigenvalue weighted by Crippen LogP contribution is 2.14. The van der Waals surface area contributed by atoms with E-state index in [1.165, 1.54) is 0 Å². The number of carbonyl (C=O) groups excluding carboxylic acids is 2. The van der Waals surface area contributed by atoms with Gasteiger partial charge >= 0.3 is 0 Å². The summed E-state index contributed by atoms with van der Waals surface area (Å²) in [6.45, 7) is 5.03. The number of hydrogen-bond acceptors (Lipinski definition) is 3. The standard InChI is InChI=1S/C10H19N3O2/c1-3-12-8-5-4-6-13(10(8)15)7(2)9(11)14/h7-8,12H,3-6H2,1-2H3,(H2,11,14). The van der Waals surface area contributed by atoms with E-state index in [4.69, 9.17) is 5.73 Å². The first-order chi connectivity index (χ1) is 7.07. The van der Waals surface area contributed by atoms with E-state index >= 15 is 0 Å². The van der Waals surface area contributed by atoms with Gasteiger partial charge in [-0.3, -0.25) is 9.59 Å². The van der Waals surface area contributed by atoms with Crippen molar-refractivity contribution in [3.63, 3.8) is 0 Å². The second kappa shape index (κ2) is 5.11. The molecule has 5 heteroatoms. The number of likely N-dealkylation sites (N-methyl/N-ethyl adjacent to an activating group) is 1. The van der Waals surface area contributed by atoms with Crippen LogP contribution in [-0.2, 0) is 9.59 Å². The minimum absolute atomic E-state index is 0.00519. The summed E-state index contributed by atoms with van der Waals surface area (Å²) in [6, 6.07) is -0.649.